The van der Waals surface area contributed by atoms with E-state index in [4.69, 9.17) is 0 Å². The second-order valence-electron chi connectivity index (χ2n) is 5.82. The van der Waals surface area contributed by atoms with Crippen LogP contribution in [0.25, 0.3) is 4.96 Å². The van der Waals surface area contributed by atoms with Crippen LogP contribution in [0.4, 0.5) is 0 Å². The van der Waals surface area contributed by atoms with Gasteiger partial charge in [0.05, 0.1) is 12.2 Å². The highest BCUT2D eigenvalue weighted by molar-refractivity contribution is 14.0. The quantitative estimate of drug-likeness (QED) is 0.329. The number of guanidine groups is 1. The van der Waals surface area contributed by atoms with E-state index in [0.717, 1.165) is 29.5 Å². The predicted octanol–water partition coefficient (Wildman–Crippen LogP) is 3.70. The van der Waals surface area contributed by atoms with E-state index in [1.807, 2.05) is 22.2 Å². The number of halogens is 1. The molecule has 0 aliphatic rings. The standard InChI is InChI=1S/C18H23N5S.HI/c1-14(8-9-15-6-4-3-5-7-15)21-17(19-2)20-12-16-13-23-10-11-24-18(23)22-16;/h3-7,10-11,13-14H,8-9,12H2,1-2H3,(H2,19,20,21);1H. The van der Waals surface area contributed by atoms with E-state index >= 15 is 0 Å². The van der Waals surface area contributed by atoms with Crippen molar-refractivity contribution in [3.8, 4) is 0 Å². The van der Waals surface area contributed by atoms with Crippen molar-refractivity contribution < 1.29 is 0 Å². The van der Waals surface area contributed by atoms with E-state index in [1.165, 1.54) is 5.56 Å². The van der Waals surface area contributed by atoms with Crippen molar-refractivity contribution in [2.45, 2.75) is 32.4 Å². The molecule has 2 aromatic heterocycles. The van der Waals surface area contributed by atoms with Crippen molar-refractivity contribution in [3.05, 3.63) is 59.4 Å². The molecule has 1 aromatic carbocycles. The lowest BCUT2D eigenvalue weighted by atomic mass is 10.1. The van der Waals surface area contributed by atoms with Crippen LogP contribution in [0.15, 0.2) is 53.1 Å². The molecule has 3 aromatic rings. The van der Waals surface area contributed by atoms with Crippen LogP contribution in [0, 0.1) is 0 Å². The van der Waals surface area contributed by atoms with E-state index in [2.05, 4.69) is 57.9 Å². The molecular weight excluding hydrogens is 445 g/mol. The summed E-state index contributed by atoms with van der Waals surface area (Å²) in [6.45, 7) is 2.85. The van der Waals surface area contributed by atoms with Crippen LogP contribution in [-0.2, 0) is 13.0 Å². The number of hydrogen-bond acceptors (Lipinski definition) is 3. The summed E-state index contributed by atoms with van der Waals surface area (Å²) in [7, 11) is 1.80. The number of aliphatic imine (C=N–C) groups is 1. The van der Waals surface area contributed by atoms with Gasteiger partial charge in [-0.2, -0.15) is 0 Å². The first-order valence-electron chi connectivity index (χ1n) is 8.17. The van der Waals surface area contributed by atoms with Crippen LogP contribution in [0.5, 0.6) is 0 Å². The molecule has 0 fully saturated rings. The zero-order valence-electron chi connectivity index (χ0n) is 14.5. The minimum Gasteiger partial charge on any atom is -0.354 e. The lowest BCUT2D eigenvalue weighted by Gasteiger charge is -2.17. The van der Waals surface area contributed by atoms with E-state index < -0.39 is 0 Å². The molecule has 0 radical (unpaired) electrons. The third kappa shape index (κ3) is 5.71. The Morgan fingerprint density at radius 3 is 2.84 bits per heavy atom. The van der Waals surface area contributed by atoms with E-state index in [9.17, 15) is 0 Å². The Morgan fingerprint density at radius 2 is 2.12 bits per heavy atom. The Bertz CT molecular complexity index is 768. The van der Waals surface area contributed by atoms with Gasteiger partial charge in [-0.3, -0.25) is 9.39 Å². The molecule has 0 saturated heterocycles. The fourth-order valence-corrected chi connectivity index (χ4v) is 3.28. The van der Waals surface area contributed by atoms with Crippen molar-refractivity contribution in [2.75, 3.05) is 7.05 Å². The number of aryl methyl sites for hydroxylation is 1. The van der Waals surface area contributed by atoms with Crippen LogP contribution >= 0.6 is 35.3 Å². The first-order valence-corrected chi connectivity index (χ1v) is 9.05. The maximum Gasteiger partial charge on any atom is 0.193 e. The number of imidazole rings is 1. The van der Waals surface area contributed by atoms with Crippen LogP contribution < -0.4 is 10.6 Å². The van der Waals surface area contributed by atoms with E-state index in [1.54, 1.807) is 18.4 Å². The topological polar surface area (TPSA) is 53.7 Å². The Hall–Kier alpha value is -1.61. The maximum atomic E-state index is 4.57. The van der Waals surface area contributed by atoms with Gasteiger partial charge in [0.2, 0.25) is 0 Å². The molecule has 0 saturated carbocycles. The molecule has 1 unspecified atom stereocenters. The van der Waals surface area contributed by atoms with Gasteiger partial charge in [0.25, 0.3) is 0 Å². The normalized spacial score (nSPS) is 12.6. The van der Waals surface area contributed by atoms with E-state index in [-0.39, 0.29) is 24.0 Å². The molecule has 0 aliphatic heterocycles. The number of nitrogens with zero attached hydrogens (tertiary/aromatic N) is 3. The van der Waals surface area contributed by atoms with Crippen molar-refractivity contribution >= 4 is 46.2 Å². The maximum absolute atomic E-state index is 4.57. The number of rotatable bonds is 6. The molecule has 5 nitrogen and oxygen atoms in total. The minimum atomic E-state index is 0. The fourth-order valence-electron chi connectivity index (χ4n) is 2.56. The van der Waals surface area contributed by atoms with Gasteiger partial charge in [0, 0.05) is 30.9 Å². The average molecular weight is 469 g/mol. The van der Waals surface area contributed by atoms with Crippen LogP contribution in [0.3, 0.4) is 0 Å². The zero-order chi connectivity index (χ0) is 16.8. The third-order valence-electron chi connectivity index (χ3n) is 3.90. The first kappa shape index (κ1) is 19.7. The van der Waals surface area contributed by atoms with Gasteiger partial charge in [-0.25, -0.2) is 4.98 Å². The summed E-state index contributed by atoms with van der Waals surface area (Å²) in [6.07, 6.45) is 6.19. The van der Waals surface area contributed by atoms with Gasteiger partial charge in [0.1, 0.15) is 0 Å². The number of hydrogen-bond donors (Lipinski definition) is 2. The minimum absolute atomic E-state index is 0. The van der Waals surface area contributed by atoms with Gasteiger partial charge in [-0.1, -0.05) is 30.3 Å². The Morgan fingerprint density at radius 1 is 1.32 bits per heavy atom. The lowest BCUT2D eigenvalue weighted by Crippen LogP contribution is -2.42. The molecule has 7 heteroatoms. The predicted molar refractivity (Wildman–Crippen MR) is 116 cm³/mol. The summed E-state index contributed by atoms with van der Waals surface area (Å²) in [5, 5.41) is 8.81. The van der Waals surface area contributed by atoms with Gasteiger partial charge >= 0.3 is 0 Å². The Balaban J connectivity index is 0.00000225. The number of benzene rings is 1. The number of fused-ring (bicyclic) bond motifs is 1. The van der Waals surface area contributed by atoms with Crippen molar-refractivity contribution in [1.29, 1.82) is 0 Å². The molecule has 0 spiro atoms. The summed E-state index contributed by atoms with van der Waals surface area (Å²) < 4.78 is 2.04. The molecule has 0 amide bonds. The SMILES string of the molecule is CN=C(NCc1cn2ccsc2n1)NC(C)CCc1ccccc1.I. The Kier molecular flexibility index (Phi) is 7.70. The second-order valence-corrected chi connectivity index (χ2v) is 6.69. The molecule has 2 N–H and O–H groups in total. The average Bonchev–Trinajstić information content (AvgIpc) is 3.19. The molecule has 0 aliphatic carbocycles. The highest BCUT2D eigenvalue weighted by atomic mass is 127. The van der Waals surface area contributed by atoms with Gasteiger partial charge in [0.15, 0.2) is 10.9 Å². The number of nitrogens with one attached hydrogen (secondary N) is 2. The second kappa shape index (κ2) is 9.76. The number of thiazole rings is 1. The third-order valence-corrected chi connectivity index (χ3v) is 4.67. The molecule has 134 valence electrons. The first-order chi connectivity index (χ1) is 11.7. The molecule has 2 heterocycles. The largest absolute Gasteiger partial charge is 0.354 e. The van der Waals surface area contributed by atoms with Crippen molar-refractivity contribution in [3.63, 3.8) is 0 Å². The zero-order valence-corrected chi connectivity index (χ0v) is 17.6. The Labute approximate surface area is 169 Å². The summed E-state index contributed by atoms with van der Waals surface area (Å²) in [6, 6.07) is 10.9. The van der Waals surface area contributed by atoms with E-state index in [0.29, 0.717) is 12.6 Å². The monoisotopic (exact) mass is 469 g/mol. The summed E-state index contributed by atoms with van der Waals surface area (Å²) in [5.74, 6) is 0.812. The smallest absolute Gasteiger partial charge is 0.193 e. The van der Waals surface area contributed by atoms with Crippen molar-refractivity contribution in [1.82, 2.24) is 20.0 Å². The van der Waals surface area contributed by atoms with Crippen molar-refractivity contribution in [2.24, 2.45) is 4.99 Å². The highest BCUT2D eigenvalue weighted by Gasteiger charge is 2.07. The molecular formula is C18H24IN5S. The number of aromatic nitrogens is 2. The fraction of sp³-hybridized carbons (Fsp3) is 0.333. The van der Waals surface area contributed by atoms with Gasteiger partial charge < -0.3 is 10.6 Å². The van der Waals surface area contributed by atoms with Crippen LogP contribution in [0.1, 0.15) is 24.6 Å². The summed E-state index contributed by atoms with van der Waals surface area (Å²) in [4.78, 5) is 9.89. The lowest BCUT2D eigenvalue weighted by molar-refractivity contribution is 0.592. The van der Waals surface area contributed by atoms with Gasteiger partial charge in [-0.05, 0) is 25.3 Å². The molecule has 1 atom stereocenters. The summed E-state index contributed by atoms with van der Waals surface area (Å²) >= 11 is 1.64. The summed E-state index contributed by atoms with van der Waals surface area (Å²) in [5.41, 5.74) is 2.38. The molecule has 25 heavy (non-hydrogen) atoms. The molecule has 0 bridgehead atoms. The highest BCUT2D eigenvalue weighted by Crippen LogP contribution is 2.11. The van der Waals surface area contributed by atoms with Crippen LogP contribution in [0.2, 0.25) is 0 Å². The van der Waals surface area contributed by atoms with Crippen LogP contribution in [-0.4, -0.2) is 28.4 Å². The molecule has 3 rings (SSSR count). The van der Waals surface area contributed by atoms with Gasteiger partial charge in [-0.15, -0.1) is 35.3 Å².